The molecule has 24 heavy (non-hydrogen) atoms. The van der Waals surface area contributed by atoms with E-state index in [2.05, 4.69) is 0 Å². The Kier molecular flexibility index (Phi) is 5.57. The predicted octanol–water partition coefficient (Wildman–Crippen LogP) is 1.34. The van der Waals surface area contributed by atoms with Gasteiger partial charge in [-0.25, -0.2) is 9.59 Å². The highest BCUT2D eigenvalue weighted by Crippen LogP contribution is 2.28. The predicted molar refractivity (Wildman–Crippen MR) is 83.7 cm³/mol. The molecule has 7 heteroatoms. The van der Waals surface area contributed by atoms with Crippen LogP contribution in [0.1, 0.15) is 19.4 Å². The number of carbonyl (C=O) groups excluding carboxylic acids is 3. The topological polar surface area (TPSA) is 93.1 Å². The highest BCUT2D eigenvalue weighted by atomic mass is 16.5. The van der Waals surface area contributed by atoms with Gasteiger partial charge in [0.05, 0.1) is 13.2 Å². The van der Waals surface area contributed by atoms with E-state index in [4.69, 9.17) is 9.47 Å². The van der Waals surface area contributed by atoms with Gasteiger partial charge in [0.25, 0.3) is 5.91 Å². The van der Waals surface area contributed by atoms with Crippen molar-refractivity contribution in [3.8, 4) is 0 Å². The van der Waals surface area contributed by atoms with Crippen LogP contribution in [0.15, 0.2) is 41.7 Å². The van der Waals surface area contributed by atoms with E-state index in [0.29, 0.717) is 0 Å². The lowest BCUT2D eigenvalue weighted by Gasteiger charge is -2.24. The summed E-state index contributed by atoms with van der Waals surface area (Å²) in [6.45, 7) is 3.39. The lowest BCUT2D eigenvalue weighted by atomic mass is 10.1. The van der Waals surface area contributed by atoms with Crippen molar-refractivity contribution in [3.63, 3.8) is 0 Å². The summed E-state index contributed by atoms with van der Waals surface area (Å²) in [7, 11) is 0. The van der Waals surface area contributed by atoms with E-state index in [0.717, 1.165) is 10.5 Å². The molecule has 1 N–H and O–H groups in total. The lowest BCUT2D eigenvalue weighted by molar-refractivity contribution is -0.153. The molecule has 1 aliphatic rings. The smallest absolute Gasteiger partial charge is 0.340 e. The van der Waals surface area contributed by atoms with E-state index < -0.39 is 29.6 Å². The average molecular weight is 333 g/mol. The number of benzene rings is 1. The van der Waals surface area contributed by atoms with E-state index in [-0.39, 0.29) is 25.3 Å². The fourth-order valence-electron chi connectivity index (χ4n) is 2.48. The van der Waals surface area contributed by atoms with Crippen LogP contribution in [0.3, 0.4) is 0 Å². The van der Waals surface area contributed by atoms with E-state index in [1.807, 2.05) is 6.07 Å². The van der Waals surface area contributed by atoms with Crippen molar-refractivity contribution in [1.82, 2.24) is 4.90 Å². The minimum atomic E-state index is -1.32. The maximum atomic E-state index is 12.4. The van der Waals surface area contributed by atoms with Gasteiger partial charge in [0, 0.05) is 6.54 Å². The van der Waals surface area contributed by atoms with Gasteiger partial charge in [-0.3, -0.25) is 4.79 Å². The third-order valence-corrected chi connectivity index (χ3v) is 3.50. The van der Waals surface area contributed by atoms with Crippen molar-refractivity contribution in [2.24, 2.45) is 0 Å². The molecule has 0 aromatic heterocycles. The number of hydrogen-bond donors (Lipinski definition) is 1. The number of carbonyl (C=O) groups is 3. The van der Waals surface area contributed by atoms with Crippen molar-refractivity contribution in [2.45, 2.75) is 26.4 Å². The first kappa shape index (κ1) is 17.5. The molecule has 1 amide bonds. The van der Waals surface area contributed by atoms with Crippen molar-refractivity contribution in [2.75, 3.05) is 13.2 Å². The van der Waals surface area contributed by atoms with Crippen LogP contribution in [-0.4, -0.2) is 47.1 Å². The summed E-state index contributed by atoms with van der Waals surface area (Å²) >= 11 is 0. The van der Waals surface area contributed by atoms with E-state index in [1.165, 1.54) is 0 Å². The quantitative estimate of drug-likeness (QED) is 0.790. The zero-order valence-electron chi connectivity index (χ0n) is 13.5. The van der Waals surface area contributed by atoms with Gasteiger partial charge < -0.3 is 19.5 Å². The van der Waals surface area contributed by atoms with Crippen LogP contribution in [0.2, 0.25) is 0 Å². The van der Waals surface area contributed by atoms with Crippen LogP contribution in [0, 0.1) is 0 Å². The molecule has 1 aliphatic heterocycles. The minimum Gasteiger partial charge on any atom is -0.503 e. The summed E-state index contributed by atoms with van der Waals surface area (Å²) in [5.41, 5.74) is 0.370. The molecular formula is C17H19NO6. The van der Waals surface area contributed by atoms with Crippen molar-refractivity contribution in [1.29, 1.82) is 0 Å². The zero-order valence-corrected chi connectivity index (χ0v) is 13.5. The summed E-state index contributed by atoms with van der Waals surface area (Å²) in [6, 6.07) is 7.61. The highest BCUT2D eigenvalue weighted by Gasteiger charge is 2.48. The molecule has 0 aliphatic carbocycles. The van der Waals surface area contributed by atoms with Crippen LogP contribution in [0.4, 0.5) is 0 Å². The molecule has 0 saturated heterocycles. The third kappa shape index (κ3) is 3.40. The number of aliphatic hydroxyl groups excluding tert-OH is 1. The van der Waals surface area contributed by atoms with Gasteiger partial charge in [-0.2, -0.15) is 0 Å². The fraction of sp³-hybridized carbons (Fsp3) is 0.353. The van der Waals surface area contributed by atoms with Crippen molar-refractivity contribution >= 4 is 17.8 Å². The van der Waals surface area contributed by atoms with Gasteiger partial charge in [0.1, 0.15) is 5.57 Å². The van der Waals surface area contributed by atoms with Gasteiger partial charge in [0.2, 0.25) is 0 Å². The van der Waals surface area contributed by atoms with Gasteiger partial charge in [-0.1, -0.05) is 30.3 Å². The molecule has 128 valence electrons. The molecule has 0 unspecified atom stereocenters. The Morgan fingerprint density at radius 1 is 1.12 bits per heavy atom. The maximum absolute atomic E-state index is 12.4. The Hall–Kier alpha value is -2.83. The lowest BCUT2D eigenvalue weighted by Crippen LogP contribution is -2.43. The number of ether oxygens (including phenoxy) is 2. The molecule has 1 atom stereocenters. The van der Waals surface area contributed by atoms with E-state index in [9.17, 15) is 19.5 Å². The van der Waals surface area contributed by atoms with Crippen LogP contribution < -0.4 is 0 Å². The largest absolute Gasteiger partial charge is 0.503 e. The number of amides is 1. The van der Waals surface area contributed by atoms with Crippen LogP contribution >= 0.6 is 0 Å². The fourth-order valence-corrected chi connectivity index (χ4v) is 2.48. The normalized spacial score (nSPS) is 17.2. The van der Waals surface area contributed by atoms with Crippen LogP contribution in [-0.2, 0) is 30.4 Å². The van der Waals surface area contributed by atoms with Crippen LogP contribution in [0.25, 0.3) is 0 Å². The molecule has 7 nitrogen and oxygen atoms in total. The first-order chi connectivity index (χ1) is 11.5. The summed E-state index contributed by atoms with van der Waals surface area (Å²) in [4.78, 5) is 37.8. The number of aliphatic hydroxyl groups is 1. The van der Waals surface area contributed by atoms with E-state index >= 15 is 0 Å². The Morgan fingerprint density at radius 3 is 2.33 bits per heavy atom. The highest BCUT2D eigenvalue weighted by molar-refractivity contribution is 6.11. The average Bonchev–Trinajstić information content (AvgIpc) is 2.81. The molecule has 1 aromatic rings. The summed E-state index contributed by atoms with van der Waals surface area (Å²) < 4.78 is 9.82. The van der Waals surface area contributed by atoms with Crippen molar-refractivity contribution in [3.05, 3.63) is 47.2 Å². The number of nitrogens with zero attached hydrogens (tertiary/aromatic N) is 1. The van der Waals surface area contributed by atoms with Gasteiger partial charge in [-0.05, 0) is 19.4 Å². The summed E-state index contributed by atoms with van der Waals surface area (Å²) in [5, 5.41) is 10.1. The Labute approximate surface area is 139 Å². The molecule has 0 radical (unpaired) electrons. The molecule has 2 rings (SSSR count). The number of rotatable bonds is 6. The van der Waals surface area contributed by atoms with Gasteiger partial charge in [-0.15, -0.1) is 0 Å². The van der Waals surface area contributed by atoms with Crippen LogP contribution in [0.5, 0.6) is 0 Å². The molecule has 1 aromatic carbocycles. The first-order valence-electron chi connectivity index (χ1n) is 7.63. The first-order valence-corrected chi connectivity index (χ1v) is 7.63. The maximum Gasteiger partial charge on any atom is 0.340 e. The van der Waals surface area contributed by atoms with Crippen molar-refractivity contribution < 1.29 is 29.0 Å². The Balaban J connectivity index is 2.37. The SMILES string of the molecule is CCOC(=O)C1=C(O)C(=O)N(Cc2ccccc2)[C@H]1C(=O)OCC. The molecule has 1 heterocycles. The van der Waals surface area contributed by atoms with E-state index in [1.54, 1.807) is 38.1 Å². The number of hydrogen-bond acceptors (Lipinski definition) is 6. The zero-order chi connectivity index (χ0) is 17.7. The third-order valence-electron chi connectivity index (χ3n) is 3.50. The molecule has 0 spiro atoms. The Morgan fingerprint density at radius 2 is 1.75 bits per heavy atom. The van der Waals surface area contributed by atoms with Gasteiger partial charge >= 0.3 is 11.9 Å². The second-order valence-corrected chi connectivity index (χ2v) is 5.06. The minimum absolute atomic E-state index is 0.0517. The molecule has 0 bridgehead atoms. The standard InChI is InChI=1S/C17H19NO6/c1-3-23-16(21)12-13(17(22)24-4-2)18(15(20)14(12)19)10-11-8-6-5-7-9-11/h5-9,13,19H,3-4,10H2,1-2H3/t13-/m1/s1. The molecule has 0 saturated carbocycles. The second-order valence-electron chi connectivity index (χ2n) is 5.06. The monoisotopic (exact) mass is 333 g/mol. The summed E-state index contributed by atoms with van der Waals surface area (Å²) in [6.07, 6.45) is 0. The van der Waals surface area contributed by atoms with Gasteiger partial charge in [0.15, 0.2) is 11.8 Å². The summed E-state index contributed by atoms with van der Waals surface area (Å²) in [5.74, 6) is -3.27. The molecular weight excluding hydrogens is 314 g/mol. The second kappa shape index (κ2) is 7.63. The Bertz CT molecular complexity index is 667. The molecule has 0 fully saturated rings. The number of esters is 2.